The zero-order chi connectivity index (χ0) is 15.9. The van der Waals surface area contributed by atoms with Crippen molar-refractivity contribution in [3.8, 4) is 0 Å². The molecule has 1 fully saturated rings. The molecule has 0 aromatic rings. The predicted octanol–water partition coefficient (Wildman–Crippen LogP) is 1.94. The zero-order valence-corrected chi connectivity index (χ0v) is 14.7. The highest BCUT2D eigenvalue weighted by Gasteiger charge is 2.21. The van der Waals surface area contributed by atoms with Crippen LogP contribution in [0.4, 0.5) is 0 Å². The third-order valence-corrected chi connectivity index (χ3v) is 5.00. The molecule has 2 N–H and O–H groups in total. The Morgan fingerprint density at radius 1 is 1.24 bits per heavy atom. The van der Waals surface area contributed by atoms with E-state index in [4.69, 9.17) is 0 Å². The SMILES string of the molecule is CN=C(NCC(C)(C)CCS(C)(=O)=O)NC1CCCCC1. The Kier molecular flexibility index (Phi) is 6.97. The second-order valence-corrected chi connectivity index (χ2v) is 9.21. The second-order valence-electron chi connectivity index (χ2n) is 6.95. The fraction of sp³-hybridized carbons (Fsp3) is 0.933. The molecule has 0 spiro atoms. The largest absolute Gasteiger partial charge is 0.356 e. The Bertz CT molecular complexity index is 438. The quantitative estimate of drug-likeness (QED) is 0.580. The molecule has 0 aromatic carbocycles. The first-order chi connectivity index (χ1) is 9.72. The van der Waals surface area contributed by atoms with E-state index in [0.29, 0.717) is 12.5 Å². The molecule has 0 saturated heterocycles. The van der Waals surface area contributed by atoms with Crippen molar-refractivity contribution >= 4 is 15.8 Å². The molecule has 21 heavy (non-hydrogen) atoms. The van der Waals surface area contributed by atoms with Crippen LogP contribution in [-0.2, 0) is 9.84 Å². The van der Waals surface area contributed by atoms with Crippen LogP contribution in [0.2, 0.25) is 0 Å². The molecular formula is C15H31N3O2S. The minimum atomic E-state index is -2.90. The van der Waals surface area contributed by atoms with E-state index in [-0.39, 0.29) is 11.2 Å². The maximum absolute atomic E-state index is 11.3. The molecule has 6 heteroatoms. The Morgan fingerprint density at radius 2 is 1.86 bits per heavy atom. The summed E-state index contributed by atoms with van der Waals surface area (Å²) in [6, 6.07) is 0.518. The number of guanidine groups is 1. The van der Waals surface area contributed by atoms with Crippen LogP contribution in [0, 0.1) is 5.41 Å². The van der Waals surface area contributed by atoms with Gasteiger partial charge in [0.15, 0.2) is 5.96 Å². The highest BCUT2D eigenvalue weighted by molar-refractivity contribution is 7.90. The van der Waals surface area contributed by atoms with Gasteiger partial charge in [-0.15, -0.1) is 0 Å². The minimum Gasteiger partial charge on any atom is -0.356 e. The van der Waals surface area contributed by atoms with E-state index < -0.39 is 9.84 Å². The fourth-order valence-electron chi connectivity index (χ4n) is 2.51. The number of nitrogens with zero attached hydrogens (tertiary/aromatic N) is 1. The van der Waals surface area contributed by atoms with Crippen LogP contribution in [0.25, 0.3) is 0 Å². The average molecular weight is 317 g/mol. The van der Waals surface area contributed by atoms with E-state index in [0.717, 1.165) is 12.5 Å². The number of nitrogens with one attached hydrogen (secondary N) is 2. The summed E-state index contributed by atoms with van der Waals surface area (Å²) < 4.78 is 22.6. The molecule has 0 aliphatic heterocycles. The zero-order valence-electron chi connectivity index (χ0n) is 13.9. The predicted molar refractivity (Wildman–Crippen MR) is 89.5 cm³/mol. The number of aliphatic imine (C=N–C) groups is 1. The minimum absolute atomic E-state index is 0.0761. The number of hydrogen-bond donors (Lipinski definition) is 2. The molecule has 0 unspecified atom stereocenters. The lowest BCUT2D eigenvalue weighted by Crippen LogP contribution is -2.47. The van der Waals surface area contributed by atoms with Gasteiger partial charge in [-0.05, 0) is 24.7 Å². The van der Waals surface area contributed by atoms with E-state index in [1.165, 1.54) is 38.4 Å². The Labute approximate surface area is 129 Å². The fourth-order valence-corrected chi connectivity index (χ4v) is 3.43. The standard InChI is InChI=1S/C15H31N3O2S/c1-15(2,10-11-21(4,19)20)12-17-14(16-3)18-13-8-6-5-7-9-13/h13H,5-12H2,1-4H3,(H2,16,17,18). The van der Waals surface area contributed by atoms with Crippen molar-refractivity contribution in [2.45, 2.75) is 58.4 Å². The van der Waals surface area contributed by atoms with Crippen molar-refractivity contribution in [3.05, 3.63) is 0 Å². The lowest BCUT2D eigenvalue weighted by Gasteiger charge is -2.28. The molecule has 1 aliphatic carbocycles. The van der Waals surface area contributed by atoms with Gasteiger partial charge in [-0.3, -0.25) is 4.99 Å². The van der Waals surface area contributed by atoms with Gasteiger partial charge in [0.2, 0.25) is 0 Å². The van der Waals surface area contributed by atoms with E-state index in [1.807, 2.05) is 0 Å². The summed E-state index contributed by atoms with van der Waals surface area (Å²) in [5.74, 6) is 1.06. The summed E-state index contributed by atoms with van der Waals surface area (Å²) in [5, 5.41) is 6.81. The Morgan fingerprint density at radius 3 is 2.38 bits per heavy atom. The highest BCUT2D eigenvalue weighted by atomic mass is 32.2. The smallest absolute Gasteiger partial charge is 0.191 e. The van der Waals surface area contributed by atoms with Crippen LogP contribution in [0.1, 0.15) is 52.4 Å². The number of sulfone groups is 1. The van der Waals surface area contributed by atoms with Crippen molar-refractivity contribution in [3.63, 3.8) is 0 Å². The lowest BCUT2D eigenvalue weighted by atomic mass is 9.90. The number of hydrogen-bond acceptors (Lipinski definition) is 3. The van der Waals surface area contributed by atoms with Gasteiger partial charge < -0.3 is 10.6 Å². The van der Waals surface area contributed by atoms with Gasteiger partial charge in [0, 0.05) is 25.9 Å². The summed E-state index contributed by atoms with van der Waals surface area (Å²) in [6.45, 7) is 4.88. The molecule has 0 bridgehead atoms. The third kappa shape index (κ3) is 8.29. The first-order valence-electron chi connectivity index (χ1n) is 7.87. The molecular weight excluding hydrogens is 286 g/mol. The van der Waals surface area contributed by atoms with Gasteiger partial charge >= 0.3 is 0 Å². The molecule has 5 nitrogen and oxygen atoms in total. The van der Waals surface area contributed by atoms with Crippen LogP contribution >= 0.6 is 0 Å². The summed E-state index contributed by atoms with van der Waals surface area (Å²) in [4.78, 5) is 4.27. The van der Waals surface area contributed by atoms with Crippen molar-refractivity contribution in [2.75, 3.05) is 25.6 Å². The van der Waals surface area contributed by atoms with E-state index in [9.17, 15) is 8.42 Å². The highest BCUT2D eigenvalue weighted by Crippen LogP contribution is 2.20. The van der Waals surface area contributed by atoms with Crippen molar-refractivity contribution < 1.29 is 8.42 Å². The molecule has 0 atom stereocenters. The maximum Gasteiger partial charge on any atom is 0.191 e. The van der Waals surface area contributed by atoms with E-state index >= 15 is 0 Å². The van der Waals surface area contributed by atoms with Gasteiger partial charge in [-0.2, -0.15) is 0 Å². The van der Waals surface area contributed by atoms with E-state index in [1.54, 1.807) is 7.05 Å². The van der Waals surface area contributed by atoms with Crippen LogP contribution in [0.15, 0.2) is 4.99 Å². The van der Waals surface area contributed by atoms with Gasteiger partial charge in [0.1, 0.15) is 9.84 Å². The van der Waals surface area contributed by atoms with Crippen molar-refractivity contribution in [1.29, 1.82) is 0 Å². The Hall–Kier alpha value is -0.780. The van der Waals surface area contributed by atoms with Crippen LogP contribution < -0.4 is 10.6 Å². The summed E-state index contributed by atoms with van der Waals surface area (Å²) in [5.41, 5.74) is -0.0761. The van der Waals surface area contributed by atoms with Crippen LogP contribution in [-0.4, -0.2) is 46.0 Å². The summed E-state index contributed by atoms with van der Waals surface area (Å²) in [6.07, 6.45) is 8.27. The molecule has 1 aliphatic rings. The summed E-state index contributed by atoms with van der Waals surface area (Å²) in [7, 11) is -1.12. The maximum atomic E-state index is 11.3. The lowest BCUT2D eigenvalue weighted by molar-refractivity contribution is 0.345. The van der Waals surface area contributed by atoms with Crippen molar-refractivity contribution in [2.24, 2.45) is 10.4 Å². The molecule has 0 heterocycles. The normalized spacial score (nSPS) is 18.6. The van der Waals surface area contributed by atoms with Gasteiger partial charge in [0.05, 0.1) is 5.75 Å². The topological polar surface area (TPSA) is 70.6 Å². The number of rotatable bonds is 6. The average Bonchev–Trinajstić information content (AvgIpc) is 2.42. The monoisotopic (exact) mass is 317 g/mol. The van der Waals surface area contributed by atoms with E-state index in [2.05, 4.69) is 29.5 Å². The molecule has 0 amide bonds. The molecule has 0 aromatic heterocycles. The molecule has 0 radical (unpaired) electrons. The molecule has 124 valence electrons. The van der Waals surface area contributed by atoms with Gasteiger partial charge in [0.25, 0.3) is 0 Å². The van der Waals surface area contributed by atoms with Gasteiger partial charge in [-0.1, -0.05) is 33.1 Å². The van der Waals surface area contributed by atoms with Gasteiger partial charge in [-0.25, -0.2) is 8.42 Å². The van der Waals surface area contributed by atoms with Crippen molar-refractivity contribution in [1.82, 2.24) is 10.6 Å². The molecule has 1 saturated carbocycles. The first kappa shape index (κ1) is 18.3. The second kappa shape index (κ2) is 8.01. The first-order valence-corrected chi connectivity index (χ1v) is 9.93. The van der Waals surface area contributed by atoms with Crippen LogP contribution in [0.3, 0.4) is 0 Å². The third-order valence-electron chi connectivity index (χ3n) is 4.05. The van der Waals surface area contributed by atoms with Crippen LogP contribution in [0.5, 0.6) is 0 Å². The summed E-state index contributed by atoms with van der Waals surface area (Å²) >= 11 is 0. The Balaban J connectivity index is 2.39. The molecule has 1 rings (SSSR count).